The van der Waals surface area contributed by atoms with Gasteiger partial charge in [0, 0.05) is 45.0 Å². The molecule has 3 aliphatic rings. The summed E-state index contributed by atoms with van der Waals surface area (Å²) in [5.41, 5.74) is 1.86. The van der Waals surface area contributed by atoms with E-state index < -0.39 is 0 Å². The second-order valence-corrected chi connectivity index (χ2v) is 12.0. The highest BCUT2D eigenvalue weighted by molar-refractivity contribution is 6.04. The summed E-state index contributed by atoms with van der Waals surface area (Å²) in [6, 6.07) is 5.30. The number of fused-ring (bicyclic) bond motifs is 1. The molecule has 0 spiro atoms. The molecule has 1 saturated carbocycles. The molecule has 0 unspecified atom stereocenters. The van der Waals surface area contributed by atoms with Crippen molar-refractivity contribution in [2.45, 2.75) is 82.9 Å². The normalized spacial score (nSPS) is 19.1. The number of benzene rings is 1. The fourth-order valence-electron chi connectivity index (χ4n) is 6.45. The molecule has 5 rings (SSSR count). The molecule has 3 heterocycles. The van der Waals surface area contributed by atoms with Crippen molar-refractivity contribution in [3.63, 3.8) is 0 Å². The van der Waals surface area contributed by atoms with E-state index in [1.165, 1.54) is 0 Å². The van der Waals surface area contributed by atoms with E-state index in [0.717, 1.165) is 76.9 Å². The Hall–Kier alpha value is -3.48. The van der Waals surface area contributed by atoms with Gasteiger partial charge >= 0.3 is 0 Å². The largest absolute Gasteiger partial charge is 0.495 e. The van der Waals surface area contributed by atoms with Crippen molar-refractivity contribution in [2.75, 3.05) is 68.7 Å². The first-order valence-corrected chi connectivity index (χ1v) is 16.6. The second kappa shape index (κ2) is 16.2. The van der Waals surface area contributed by atoms with E-state index in [9.17, 15) is 9.59 Å². The van der Waals surface area contributed by atoms with E-state index in [1.807, 2.05) is 0 Å². The van der Waals surface area contributed by atoms with Gasteiger partial charge in [-0.05, 0) is 76.2 Å². The lowest BCUT2D eigenvalue weighted by Crippen LogP contribution is -2.55. The van der Waals surface area contributed by atoms with Crippen molar-refractivity contribution in [3.05, 3.63) is 30.0 Å². The van der Waals surface area contributed by atoms with E-state index >= 15 is 0 Å². The van der Waals surface area contributed by atoms with E-state index in [-0.39, 0.29) is 23.9 Å². The molecule has 1 aromatic carbocycles. The molecule has 2 aliphatic heterocycles. The van der Waals surface area contributed by atoms with E-state index in [1.54, 1.807) is 43.5 Å². The maximum absolute atomic E-state index is 13.2. The van der Waals surface area contributed by atoms with E-state index in [4.69, 9.17) is 19.2 Å². The lowest BCUT2D eigenvalue weighted by Gasteiger charge is -2.43. The molecular weight excluding hydrogens is 574 g/mol. The van der Waals surface area contributed by atoms with Gasteiger partial charge in [-0.1, -0.05) is 19.8 Å². The molecule has 0 radical (unpaired) electrons. The Bertz CT molecular complexity index is 1280. The molecule has 12 heteroatoms. The number of hydrogen-bond donors (Lipinski definition) is 3. The molecule has 12 nitrogen and oxygen atoms in total. The lowest BCUT2D eigenvalue weighted by atomic mass is 10.0. The van der Waals surface area contributed by atoms with Crippen LogP contribution in [-0.2, 0) is 14.3 Å². The van der Waals surface area contributed by atoms with Crippen LogP contribution in [0.3, 0.4) is 0 Å². The van der Waals surface area contributed by atoms with Crippen LogP contribution in [0.5, 0.6) is 5.75 Å². The van der Waals surface area contributed by atoms with E-state index in [0.29, 0.717) is 60.9 Å². The summed E-state index contributed by atoms with van der Waals surface area (Å²) < 4.78 is 17.2. The first-order valence-electron chi connectivity index (χ1n) is 16.6. The van der Waals surface area contributed by atoms with Crippen molar-refractivity contribution < 1.29 is 23.8 Å². The fourth-order valence-corrected chi connectivity index (χ4v) is 6.45. The summed E-state index contributed by atoms with van der Waals surface area (Å²) in [6.07, 6.45) is 11.0. The third-order valence-corrected chi connectivity index (χ3v) is 8.95. The van der Waals surface area contributed by atoms with Gasteiger partial charge in [0.15, 0.2) is 5.82 Å². The van der Waals surface area contributed by atoms with Gasteiger partial charge in [-0.3, -0.25) is 9.59 Å². The number of piperidine rings is 1. The highest BCUT2D eigenvalue weighted by Crippen LogP contribution is 2.40. The van der Waals surface area contributed by atoms with Crippen LogP contribution in [-0.4, -0.2) is 93.6 Å². The molecule has 45 heavy (non-hydrogen) atoms. The van der Waals surface area contributed by atoms with Gasteiger partial charge in [-0.15, -0.1) is 0 Å². The second-order valence-electron chi connectivity index (χ2n) is 12.0. The summed E-state index contributed by atoms with van der Waals surface area (Å²) in [5, 5.41) is 9.57. The van der Waals surface area contributed by atoms with Crippen molar-refractivity contribution in [1.29, 1.82) is 0 Å². The van der Waals surface area contributed by atoms with E-state index in [2.05, 4.69) is 32.8 Å². The Balaban J connectivity index is 1.12. The predicted molar refractivity (Wildman–Crippen MR) is 175 cm³/mol. The molecular formula is C33H49N7O5. The number of rotatable bonds is 15. The number of nitrogens with one attached hydrogen (secondary N) is 3. The summed E-state index contributed by atoms with van der Waals surface area (Å²) in [4.78, 5) is 39.3. The van der Waals surface area contributed by atoms with Crippen LogP contribution in [0, 0.1) is 0 Å². The topological polar surface area (TPSA) is 130 Å². The fraction of sp³-hybridized carbons (Fsp3) is 0.636. The van der Waals surface area contributed by atoms with Crippen LogP contribution in [0.1, 0.15) is 75.1 Å². The van der Waals surface area contributed by atoms with Crippen LogP contribution in [0.25, 0.3) is 0 Å². The Morgan fingerprint density at radius 1 is 1.09 bits per heavy atom. The molecule has 0 bridgehead atoms. The van der Waals surface area contributed by atoms with Crippen molar-refractivity contribution >= 4 is 35.0 Å². The molecule has 2 amide bonds. The number of carbonyl (C=O) groups is 2. The minimum Gasteiger partial charge on any atom is -0.495 e. The Morgan fingerprint density at radius 2 is 1.87 bits per heavy atom. The van der Waals surface area contributed by atoms with Gasteiger partial charge in [-0.25, -0.2) is 4.98 Å². The van der Waals surface area contributed by atoms with Crippen molar-refractivity contribution in [3.8, 4) is 5.75 Å². The molecule has 246 valence electrons. The van der Waals surface area contributed by atoms with Crippen molar-refractivity contribution in [1.82, 2.24) is 20.6 Å². The third-order valence-electron chi connectivity index (χ3n) is 8.95. The molecule has 1 aliphatic carbocycles. The number of likely N-dealkylation sites (N-methyl/N-ethyl adjacent to an activating group) is 1. The Kier molecular flexibility index (Phi) is 11.8. The summed E-state index contributed by atoms with van der Waals surface area (Å²) >= 11 is 0. The van der Waals surface area contributed by atoms with Gasteiger partial charge in [0.25, 0.3) is 5.91 Å². The summed E-state index contributed by atoms with van der Waals surface area (Å²) in [5.74, 6) is 1.59. The molecule has 1 atom stereocenters. The molecule has 3 N–H and O–H groups in total. The van der Waals surface area contributed by atoms with Gasteiger partial charge in [0.2, 0.25) is 11.9 Å². The quantitative estimate of drug-likeness (QED) is 0.250. The minimum absolute atomic E-state index is 0.0812. The number of carbonyl (C=O) groups excluding carboxylic acids is 2. The standard InChI is InChI=1S/C33H49N7O5/c1-4-27-32(42)39(2)28-22-36-33(38-30(28)40(27)24-9-5-6-10-24)37-26-12-11-23(21-29(26)43-3)31(41)35-15-7-18-44-19-8-20-45-25-13-16-34-17-14-25/h11-12,21-22,24-25,27,34H,4-10,13-20H2,1-3H3,(H,35,41)(H,36,37,38)/t27-/m1/s1. The smallest absolute Gasteiger partial charge is 0.251 e. The number of amides is 2. The van der Waals surface area contributed by atoms with Crippen LogP contribution >= 0.6 is 0 Å². The number of hydrogen-bond acceptors (Lipinski definition) is 10. The van der Waals surface area contributed by atoms with Crippen LogP contribution in [0.4, 0.5) is 23.1 Å². The third kappa shape index (κ3) is 8.22. The number of methoxy groups -OCH3 is 1. The monoisotopic (exact) mass is 623 g/mol. The average molecular weight is 624 g/mol. The maximum Gasteiger partial charge on any atom is 0.251 e. The Morgan fingerprint density at radius 3 is 2.62 bits per heavy atom. The zero-order valence-corrected chi connectivity index (χ0v) is 27.0. The Labute approximate surface area is 266 Å². The predicted octanol–water partition coefficient (Wildman–Crippen LogP) is 4.03. The minimum atomic E-state index is -0.240. The molecule has 1 saturated heterocycles. The molecule has 1 aromatic heterocycles. The first kappa shape index (κ1) is 32.9. The lowest BCUT2D eigenvalue weighted by molar-refractivity contribution is -0.120. The van der Waals surface area contributed by atoms with Crippen molar-refractivity contribution in [2.24, 2.45) is 0 Å². The van der Waals surface area contributed by atoms with Crippen LogP contribution < -0.4 is 30.5 Å². The molecule has 2 aromatic rings. The maximum atomic E-state index is 13.2. The number of ether oxygens (including phenoxy) is 3. The number of nitrogens with zero attached hydrogens (tertiary/aromatic N) is 4. The first-order chi connectivity index (χ1) is 22.0. The SMILES string of the molecule is CC[C@@H]1C(=O)N(C)c2cnc(Nc3ccc(C(=O)NCCCOCCCOC4CCNCC4)cc3OC)nc2N1C1CCCC1. The summed E-state index contributed by atoms with van der Waals surface area (Å²) in [7, 11) is 3.36. The van der Waals surface area contributed by atoms with Gasteiger partial charge in [0.1, 0.15) is 17.5 Å². The average Bonchev–Trinajstić information content (AvgIpc) is 3.60. The molecule has 2 fully saturated rings. The zero-order chi connectivity index (χ0) is 31.6. The highest BCUT2D eigenvalue weighted by Gasteiger charge is 2.41. The van der Waals surface area contributed by atoms with Crippen LogP contribution in [0.2, 0.25) is 0 Å². The number of anilines is 4. The summed E-state index contributed by atoms with van der Waals surface area (Å²) in [6.45, 7) is 6.60. The number of aromatic nitrogens is 2. The van der Waals surface area contributed by atoms with Gasteiger partial charge in [0.05, 0.1) is 25.1 Å². The zero-order valence-electron chi connectivity index (χ0n) is 27.0. The van der Waals surface area contributed by atoms with Gasteiger partial charge in [-0.2, -0.15) is 4.98 Å². The van der Waals surface area contributed by atoms with Gasteiger partial charge < -0.3 is 40.0 Å². The van der Waals surface area contributed by atoms with Crippen LogP contribution in [0.15, 0.2) is 24.4 Å². The highest BCUT2D eigenvalue weighted by atomic mass is 16.5.